The van der Waals surface area contributed by atoms with Crippen LogP contribution in [0, 0.1) is 0 Å². The van der Waals surface area contributed by atoms with E-state index < -0.39 is 22.5 Å². The zero-order valence-corrected chi connectivity index (χ0v) is 17.7. The summed E-state index contributed by atoms with van der Waals surface area (Å²) in [7, 11) is -1.96. The number of carbonyl (C=O) groups is 1. The van der Waals surface area contributed by atoms with Crippen LogP contribution in [-0.4, -0.2) is 51.6 Å². The van der Waals surface area contributed by atoms with E-state index >= 15 is 0 Å². The lowest BCUT2D eigenvalue weighted by Gasteiger charge is -2.25. The minimum Gasteiger partial charge on any atom is -0.306 e. The molecule has 1 aliphatic rings. The highest BCUT2D eigenvalue weighted by Crippen LogP contribution is 2.30. The largest absolute Gasteiger partial charge is 0.306 e. The zero-order valence-electron chi connectivity index (χ0n) is 16.1. The van der Waals surface area contributed by atoms with Gasteiger partial charge < -0.3 is 4.90 Å². The first-order valence-electron chi connectivity index (χ1n) is 9.23. The summed E-state index contributed by atoms with van der Waals surface area (Å²) in [5.74, 6) is -0.532. The number of amides is 1. The molecule has 0 aromatic heterocycles. The second-order valence-corrected chi connectivity index (χ2v) is 9.06. The molecule has 9 heteroatoms. The van der Waals surface area contributed by atoms with Crippen molar-refractivity contribution in [2.24, 2.45) is 5.10 Å². The van der Waals surface area contributed by atoms with Crippen molar-refractivity contribution < 1.29 is 13.2 Å². The molecular weight excluding hydrogens is 412 g/mol. The molecular formula is C20H23ClN4O3S. The Bertz CT molecular complexity index is 986. The van der Waals surface area contributed by atoms with Crippen molar-refractivity contribution in [3.8, 4) is 0 Å². The maximum atomic E-state index is 13.2. The number of para-hydroxylation sites is 1. The molecule has 0 bridgehead atoms. The van der Waals surface area contributed by atoms with E-state index in [1.807, 2.05) is 7.05 Å². The van der Waals surface area contributed by atoms with E-state index in [1.54, 1.807) is 42.5 Å². The Kier molecular flexibility index (Phi) is 6.89. The van der Waals surface area contributed by atoms with Crippen LogP contribution in [0.15, 0.2) is 64.6 Å². The first-order chi connectivity index (χ1) is 13.9. The molecule has 1 aliphatic heterocycles. The Balaban J connectivity index is 1.84. The monoisotopic (exact) mass is 434 g/mol. The van der Waals surface area contributed by atoms with E-state index in [4.69, 9.17) is 11.6 Å². The minimum absolute atomic E-state index is 0.0781. The van der Waals surface area contributed by atoms with Crippen molar-refractivity contribution in [1.29, 1.82) is 0 Å². The van der Waals surface area contributed by atoms with Gasteiger partial charge in [-0.25, -0.2) is 13.8 Å². The predicted molar refractivity (Wildman–Crippen MR) is 115 cm³/mol. The number of piperidine rings is 1. The van der Waals surface area contributed by atoms with Crippen LogP contribution >= 0.6 is 11.6 Å². The summed E-state index contributed by atoms with van der Waals surface area (Å²) in [5, 5.41) is 4.41. The number of nitrogens with zero attached hydrogens (tertiary/aromatic N) is 3. The number of nitrogens with one attached hydrogen (secondary N) is 1. The number of carbonyl (C=O) groups excluding carboxylic acids is 1. The summed E-state index contributed by atoms with van der Waals surface area (Å²) in [6.07, 6.45) is 1.54. The number of sulfonamides is 1. The summed E-state index contributed by atoms with van der Waals surface area (Å²) in [6, 6.07) is 14.5. The zero-order chi connectivity index (χ0) is 20.9. The van der Waals surface area contributed by atoms with Gasteiger partial charge in [-0.2, -0.15) is 5.10 Å². The summed E-state index contributed by atoms with van der Waals surface area (Å²) in [5.41, 5.74) is 3.62. The molecule has 0 spiro atoms. The van der Waals surface area contributed by atoms with Gasteiger partial charge in [-0.05, 0) is 31.3 Å². The van der Waals surface area contributed by atoms with E-state index in [9.17, 15) is 13.2 Å². The highest BCUT2D eigenvalue weighted by atomic mass is 35.5. The van der Waals surface area contributed by atoms with Crippen LogP contribution in [0.4, 0.5) is 5.69 Å². The summed E-state index contributed by atoms with van der Waals surface area (Å²) in [4.78, 5) is 14.8. The second kappa shape index (κ2) is 9.39. The van der Waals surface area contributed by atoms with Gasteiger partial charge in [0.25, 0.3) is 15.9 Å². The van der Waals surface area contributed by atoms with Gasteiger partial charge in [-0.15, -0.1) is 0 Å². The molecule has 1 heterocycles. The van der Waals surface area contributed by atoms with Crippen molar-refractivity contribution in [2.45, 2.75) is 17.7 Å². The highest BCUT2D eigenvalue weighted by Gasteiger charge is 2.28. The molecule has 154 valence electrons. The van der Waals surface area contributed by atoms with Crippen LogP contribution in [0.25, 0.3) is 0 Å². The fourth-order valence-corrected chi connectivity index (χ4v) is 4.72. The minimum atomic E-state index is -3.99. The summed E-state index contributed by atoms with van der Waals surface area (Å²) >= 11 is 6.24. The quantitative estimate of drug-likeness (QED) is 0.709. The molecule has 1 fully saturated rings. The summed E-state index contributed by atoms with van der Waals surface area (Å²) < 4.78 is 27.4. The van der Waals surface area contributed by atoms with Gasteiger partial charge in [0.15, 0.2) is 0 Å². The maximum absolute atomic E-state index is 13.2. The summed E-state index contributed by atoms with van der Waals surface area (Å²) in [6.45, 7) is 1.32. The van der Waals surface area contributed by atoms with Gasteiger partial charge in [-0.3, -0.25) is 9.10 Å². The topological polar surface area (TPSA) is 82.1 Å². The average molecular weight is 435 g/mol. The fraction of sp³-hybridized carbons (Fsp3) is 0.300. The molecule has 3 rings (SSSR count). The number of halogens is 1. The molecule has 2 aromatic carbocycles. The third-order valence-electron chi connectivity index (χ3n) is 4.64. The lowest BCUT2D eigenvalue weighted by molar-refractivity contribution is -0.119. The number of hydrogen-bond donors (Lipinski definition) is 1. The Morgan fingerprint density at radius 1 is 1.10 bits per heavy atom. The number of likely N-dealkylation sites (tertiary alicyclic amines) is 1. The Labute approximate surface area is 176 Å². The number of hydrazone groups is 1. The third-order valence-corrected chi connectivity index (χ3v) is 6.74. The molecule has 29 heavy (non-hydrogen) atoms. The smallest absolute Gasteiger partial charge is 0.264 e. The standard InChI is InChI=1S/C20H23ClN4O3S/c1-24-13-11-16(12-14-24)22-23-20(26)15-25(19-10-6-5-9-18(19)21)29(27,28)17-7-3-2-4-8-17/h2-10H,11-15H2,1H3,(H,23,26). The van der Waals surface area contributed by atoms with Crippen LogP contribution in [0.3, 0.4) is 0 Å². The van der Waals surface area contributed by atoms with Gasteiger partial charge in [0.1, 0.15) is 6.54 Å². The Morgan fingerprint density at radius 3 is 2.38 bits per heavy atom. The van der Waals surface area contributed by atoms with Crippen molar-refractivity contribution in [3.63, 3.8) is 0 Å². The first kappa shape index (κ1) is 21.3. The molecule has 7 nitrogen and oxygen atoms in total. The van der Waals surface area contributed by atoms with E-state index in [-0.39, 0.29) is 15.6 Å². The second-order valence-electron chi connectivity index (χ2n) is 6.79. The van der Waals surface area contributed by atoms with Gasteiger partial charge in [0.05, 0.1) is 15.6 Å². The lowest BCUT2D eigenvalue weighted by atomic mass is 10.1. The molecule has 2 aromatic rings. The molecule has 0 radical (unpaired) electrons. The number of hydrogen-bond acceptors (Lipinski definition) is 5. The third kappa shape index (κ3) is 5.35. The van der Waals surface area contributed by atoms with Crippen molar-refractivity contribution in [2.75, 3.05) is 31.0 Å². The maximum Gasteiger partial charge on any atom is 0.264 e. The number of benzene rings is 2. The van der Waals surface area contributed by atoms with Crippen molar-refractivity contribution in [1.82, 2.24) is 10.3 Å². The molecule has 0 aliphatic carbocycles. The lowest BCUT2D eigenvalue weighted by Crippen LogP contribution is -2.40. The Hall–Kier alpha value is -2.42. The van der Waals surface area contributed by atoms with Crippen LogP contribution in [-0.2, 0) is 14.8 Å². The highest BCUT2D eigenvalue weighted by molar-refractivity contribution is 7.92. The normalized spacial score (nSPS) is 15.0. The van der Waals surface area contributed by atoms with Gasteiger partial charge >= 0.3 is 0 Å². The molecule has 0 unspecified atom stereocenters. The van der Waals surface area contributed by atoms with Gasteiger partial charge in [0, 0.05) is 31.6 Å². The van der Waals surface area contributed by atoms with Crippen LogP contribution < -0.4 is 9.73 Å². The van der Waals surface area contributed by atoms with Gasteiger partial charge in [0.2, 0.25) is 0 Å². The molecule has 0 saturated carbocycles. The average Bonchev–Trinajstić information content (AvgIpc) is 2.73. The van der Waals surface area contributed by atoms with Crippen LogP contribution in [0.1, 0.15) is 12.8 Å². The fourth-order valence-electron chi connectivity index (χ4n) is 2.97. The molecule has 1 saturated heterocycles. The number of rotatable bonds is 6. The van der Waals surface area contributed by atoms with E-state index in [2.05, 4.69) is 15.4 Å². The predicted octanol–water partition coefficient (Wildman–Crippen LogP) is 2.73. The van der Waals surface area contributed by atoms with Crippen molar-refractivity contribution >= 4 is 38.9 Å². The van der Waals surface area contributed by atoms with Crippen LogP contribution in [0.2, 0.25) is 5.02 Å². The van der Waals surface area contributed by atoms with Gasteiger partial charge in [-0.1, -0.05) is 41.9 Å². The first-order valence-corrected chi connectivity index (χ1v) is 11.0. The molecule has 0 atom stereocenters. The molecule has 1 N–H and O–H groups in total. The SMILES string of the molecule is CN1CCC(=NNC(=O)CN(c2ccccc2Cl)S(=O)(=O)c2ccccc2)CC1. The van der Waals surface area contributed by atoms with Crippen molar-refractivity contribution in [3.05, 3.63) is 59.6 Å². The van der Waals surface area contributed by atoms with Crippen LogP contribution in [0.5, 0.6) is 0 Å². The van der Waals surface area contributed by atoms with E-state index in [1.165, 1.54) is 12.1 Å². The number of anilines is 1. The Morgan fingerprint density at radius 2 is 1.72 bits per heavy atom. The van der Waals surface area contributed by atoms with E-state index in [0.29, 0.717) is 0 Å². The molecule has 1 amide bonds. The van der Waals surface area contributed by atoms with E-state index in [0.717, 1.165) is 35.9 Å².